The van der Waals surface area contributed by atoms with Crippen LogP contribution < -0.4 is 19.1 Å². The summed E-state index contributed by atoms with van der Waals surface area (Å²) >= 11 is 0. The van der Waals surface area contributed by atoms with Gasteiger partial charge in [0.05, 0.1) is 23.9 Å². The average Bonchev–Trinajstić information content (AvgIpc) is 3.28. The highest BCUT2D eigenvalue weighted by Crippen LogP contribution is 2.36. The van der Waals surface area contributed by atoms with E-state index in [-0.39, 0.29) is 37.4 Å². The molecule has 2 aromatic carbocycles. The maximum absolute atomic E-state index is 13.5. The minimum Gasteiger partial charge on any atom is -0.486 e. The second-order valence-electron chi connectivity index (χ2n) is 9.56. The van der Waals surface area contributed by atoms with E-state index in [0.29, 0.717) is 24.4 Å². The number of likely N-dealkylation sites (N-methyl/N-ethyl adjacent to an activating group) is 1. The van der Waals surface area contributed by atoms with Gasteiger partial charge in [-0.3, -0.25) is 9.69 Å². The van der Waals surface area contributed by atoms with Crippen LogP contribution in [-0.2, 0) is 6.54 Å². The zero-order valence-electron chi connectivity index (χ0n) is 20.7. The normalized spacial score (nSPS) is 20.4. The van der Waals surface area contributed by atoms with E-state index in [0.717, 1.165) is 29.3 Å². The van der Waals surface area contributed by atoms with E-state index in [1.807, 2.05) is 56.3 Å². The maximum atomic E-state index is 13.5. The molecular weight excluding hydrogens is 434 g/mol. The molecule has 1 N–H and O–H groups in total. The van der Waals surface area contributed by atoms with Gasteiger partial charge < -0.3 is 29.1 Å². The molecule has 2 heterocycles. The van der Waals surface area contributed by atoms with Crippen molar-refractivity contribution in [2.45, 2.75) is 32.5 Å². The highest BCUT2D eigenvalue weighted by atomic mass is 16.7. The summed E-state index contributed by atoms with van der Waals surface area (Å²) < 4.78 is 17.6. The molecule has 0 saturated heterocycles. The number of ether oxygens (including phenoxy) is 3. The number of aliphatic hydroxyl groups excluding tert-OH is 1. The minimum absolute atomic E-state index is 0.0560. The number of anilines is 1. The molecule has 2 aliphatic rings. The Morgan fingerprint density at radius 1 is 1.15 bits per heavy atom. The minimum atomic E-state index is -0.282. The van der Waals surface area contributed by atoms with E-state index in [9.17, 15) is 9.90 Å². The number of para-hydroxylation sites is 1. The lowest BCUT2D eigenvalue weighted by Gasteiger charge is -2.39. The first-order valence-electron chi connectivity index (χ1n) is 11.7. The first-order chi connectivity index (χ1) is 16.3. The zero-order valence-corrected chi connectivity index (χ0v) is 20.7. The van der Waals surface area contributed by atoms with Crippen molar-refractivity contribution in [1.82, 2.24) is 9.80 Å². The van der Waals surface area contributed by atoms with E-state index >= 15 is 0 Å². The van der Waals surface area contributed by atoms with Gasteiger partial charge in [-0.1, -0.05) is 19.1 Å². The number of benzene rings is 2. The Hall–Kier alpha value is -2.97. The molecule has 0 aromatic heterocycles. The van der Waals surface area contributed by atoms with Gasteiger partial charge in [0.2, 0.25) is 6.79 Å². The highest BCUT2D eigenvalue weighted by molar-refractivity contribution is 5.99. The van der Waals surface area contributed by atoms with Gasteiger partial charge in [0, 0.05) is 39.6 Å². The van der Waals surface area contributed by atoms with Crippen LogP contribution in [0.5, 0.6) is 17.2 Å². The molecule has 34 heavy (non-hydrogen) atoms. The quantitative estimate of drug-likeness (QED) is 0.668. The molecule has 1 amide bonds. The highest BCUT2D eigenvalue weighted by Gasteiger charge is 2.34. The van der Waals surface area contributed by atoms with Crippen molar-refractivity contribution in [3.63, 3.8) is 0 Å². The third kappa shape index (κ3) is 4.93. The summed E-state index contributed by atoms with van der Waals surface area (Å²) in [6.07, 6.45) is -0.152. The number of amides is 1. The maximum Gasteiger partial charge on any atom is 0.258 e. The molecule has 0 radical (unpaired) electrons. The molecule has 3 atom stereocenters. The standard InChI is InChI=1S/C26H35N3O5/c1-17-12-29(18(2)15-30)26(31)20-7-6-8-21(27(3)4)25(20)34-24(17)14-28(5)13-19-9-10-22-23(11-19)33-16-32-22/h6-11,17-18,24,30H,12-16H2,1-5H3/t17-,18-,24+/m0/s1. The smallest absolute Gasteiger partial charge is 0.258 e. The van der Waals surface area contributed by atoms with E-state index < -0.39 is 0 Å². The third-order valence-corrected chi connectivity index (χ3v) is 6.53. The van der Waals surface area contributed by atoms with E-state index in [4.69, 9.17) is 14.2 Å². The fourth-order valence-corrected chi connectivity index (χ4v) is 4.52. The van der Waals surface area contributed by atoms with E-state index in [1.165, 1.54) is 0 Å². The largest absolute Gasteiger partial charge is 0.486 e. The van der Waals surface area contributed by atoms with Crippen molar-refractivity contribution in [2.24, 2.45) is 5.92 Å². The monoisotopic (exact) mass is 469 g/mol. The number of fused-ring (bicyclic) bond motifs is 2. The number of hydrogen-bond acceptors (Lipinski definition) is 7. The first kappa shape index (κ1) is 24.2. The molecule has 2 aliphatic heterocycles. The van der Waals surface area contributed by atoms with Crippen LogP contribution in [-0.4, -0.2) is 80.6 Å². The SMILES string of the molecule is C[C@H]1CN([C@@H](C)CO)C(=O)c2cccc(N(C)C)c2O[C@@H]1CN(C)Cc1ccc2c(c1)OCO2. The van der Waals surface area contributed by atoms with Gasteiger partial charge in [-0.05, 0) is 43.8 Å². The lowest BCUT2D eigenvalue weighted by molar-refractivity contribution is 0.0343. The second kappa shape index (κ2) is 10.1. The molecule has 0 spiro atoms. The summed E-state index contributed by atoms with van der Waals surface area (Å²) in [7, 11) is 5.96. The number of aliphatic hydroxyl groups is 1. The summed E-state index contributed by atoms with van der Waals surface area (Å²) in [6, 6.07) is 11.4. The van der Waals surface area contributed by atoms with Crippen molar-refractivity contribution in [2.75, 3.05) is 52.5 Å². The Balaban J connectivity index is 1.60. The van der Waals surface area contributed by atoms with Crippen molar-refractivity contribution in [3.05, 3.63) is 47.5 Å². The zero-order chi connectivity index (χ0) is 24.4. The Morgan fingerprint density at radius 3 is 2.65 bits per heavy atom. The predicted molar refractivity (Wildman–Crippen MR) is 131 cm³/mol. The van der Waals surface area contributed by atoms with Crippen molar-refractivity contribution < 1.29 is 24.1 Å². The van der Waals surface area contributed by atoms with Crippen LogP contribution in [0.1, 0.15) is 29.8 Å². The molecule has 0 saturated carbocycles. The Kier molecular flexibility index (Phi) is 7.19. The van der Waals surface area contributed by atoms with Crippen LogP contribution in [0.25, 0.3) is 0 Å². The van der Waals surface area contributed by atoms with Crippen LogP contribution >= 0.6 is 0 Å². The summed E-state index contributed by atoms with van der Waals surface area (Å²) in [5, 5.41) is 9.83. The molecular formula is C26H35N3O5. The summed E-state index contributed by atoms with van der Waals surface area (Å²) in [4.78, 5) is 19.4. The fraction of sp³-hybridized carbons (Fsp3) is 0.500. The van der Waals surface area contributed by atoms with Crippen LogP contribution in [0.4, 0.5) is 5.69 Å². The first-order valence-corrected chi connectivity index (χ1v) is 11.7. The number of carbonyl (C=O) groups is 1. The molecule has 0 fully saturated rings. The van der Waals surface area contributed by atoms with Gasteiger partial charge in [0.15, 0.2) is 17.2 Å². The number of carbonyl (C=O) groups excluding carboxylic acids is 1. The van der Waals surface area contributed by atoms with Crippen LogP contribution in [0, 0.1) is 5.92 Å². The fourth-order valence-electron chi connectivity index (χ4n) is 4.52. The van der Waals surface area contributed by atoms with Crippen molar-refractivity contribution in [3.8, 4) is 17.2 Å². The van der Waals surface area contributed by atoms with Gasteiger partial charge in [0.1, 0.15) is 6.10 Å². The Bertz CT molecular complexity index is 1030. The molecule has 8 nitrogen and oxygen atoms in total. The van der Waals surface area contributed by atoms with Crippen LogP contribution in [0.3, 0.4) is 0 Å². The summed E-state index contributed by atoms with van der Waals surface area (Å²) in [5.74, 6) is 2.09. The van der Waals surface area contributed by atoms with E-state index in [1.54, 1.807) is 4.90 Å². The Labute approximate surface area is 201 Å². The molecule has 8 heteroatoms. The van der Waals surface area contributed by atoms with Crippen LogP contribution in [0.2, 0.25) is 0 Å². The summed E-state index contributed by atoms with van der Waals surface area (Å²) in [5.41, 5.74) is 2.52. The molecule has 4 rings (SSSR count). The Morgan fingerprint density at radius 2 is 1.91 bits per heavy atom. The van der Waals surface area contributed by atoms with E-state index in [2.05, 4.69) is 24.9 Å². The molecule has 0 unspecified atom stereocenters. The number of nitrogens with zero attached hydrogens (tertiary/aromatic N) is 3. The number of hydrogen-bond donors (Lipinski definition) is 1. The van der Waals surface area contributed by atoms with Crippen molar-refractivity contribution >= 4 is 11.6 Å². The molecule has 184 valence electrons. The summed E-state index contributed by atoms with van der Waals surface area (Å²) in [6.45, 7) is 6.06. The van der Waals surface area contributed by atoms with Gasteiger partial charge in [-0.15, -0.1) is 0 Å². The second-order valence-corrected chi connectivity index (χ2v) is 9.56. The van der Waals surface area contributed by atoms with Gasteiger partial charge in [-0.2, -0.15) is 0 Å². The molecule has 2 aromatic rings. The van der Waals surface area contributed by atoms with Crippen molar-refractivity contribution in [1.29, 1.82) is 0 Å². The average molecular weight is 470 g/mol. The lowest BCUT2D eigenvalue weighted by Crippen LogP contribution is -2.49. The molecule has 0 bridgehead atoms. The third-order valence-electron chi connectivity index (χ3n) is 6.53. The van der Waals surface area contributed by atoms with Crippen LogP contribution in [0.15, 0.2) is 36.4 Å². The van der Waals surface area contributed by atoms with Gasteiger partial charge in [-0.25, -0.2) is 0 Å². The van der Waals surface area contributed by atoms with Gasteiger partial charge >= 0.3 is 0 Å². The topological polar surface area (TPSA) is 74.7 Å². The molecule has 0 aliphatic carbocycles. The lowest BCUT2D eigenvalue weighted by atomic mass is 9.98. The number of rotatable bonds is 7. The van der Waals surface area contributed by atoms with Gasteiger partial charge in [0.25, 0.3) is 5.91 Å². The predicted octanol–water partition coefficient (Wildman–Crippen LogP) is 2.83.